The first-order valence-electron chi connectivity index (χ1n) is 15.9. The Morgan fingerprint density at radius 1 is 1.04 bits per heavy atom. The maximum absolute atomic E-state index is 14.1. The molecule has 2 spiro atoms. The summed E-state index contributed by atoms with van der Waals surface area (Å²) in [6.45, 7) is 6.46. The first-order chi connectivity index (χ1) is 21.7. The lowest BCUT2D eigenvalue weighted by molar-refractivity contribution is -0.139. The van der Waals surface area contributed by atoms with E-state index in [0.717, 1.165) is 11.1 Å². The van der Waals surface area contributed by atoms with E-state index in [2.05, 4.69) is 20.8 Å². The predicted octanol–water partition coefficient (Wildman–Crippen LogP) is 5.80. The van der Waals surface area contributed by atoms with Crippen LogP contribution in [0.15, 0.2) is 65.1 Å². The fourth-order valence-electron chi connectivity index (χ4n) is 9.36. The van der Waals surface area contributed by atoms with Crippen LogP contribution >= 0.6 is 11.8 Å². The third kappa shape index (κ3) is 3.88. The molecule has 2 saturated heterocycles. The Morgan fingerprint density at radius 2 is 1.73 bits per heavy atom. The summed E-state index contributed by atoms with van der Waals surface area (Å²) in [5.74, 6) is -0.190. The summed E-state index contributed by atoms with van der Waals surface area (Å²) in [6.07, 6.45) is 2.26. The maximum Gasteiger partial charge on any atom is 0.345 e. The Balaban J connectivity index is 1.24. The second-order valence-corrected chi connectivity index (χ2v) is 14.6. The summed E-state index contributed by atoms with van der Waals surface area (Å²) >= 11 is 1.61. The van der Waals surface area contributed by atoms with Crippen molar-refractivity contribution in [2.24, 2.45) is 17.3 Å². The molecule has 45 heavy (non-hydrogen) atoms. The van der Waals surface area contributed by atoms with Crippen molar-refractivity contribution in [3.63, 3.8) is 0 Å². The molecule has 1 N–H and O–H groups in total. The van der Waals surface area contributed by atoms with Crippen LogP contribution in [0, 0.1) is 17.3 Å². The normalized spacial score (nSPS) is 37.0. The van der Waals surface area contributed by atoms with Gasteiger partial charge in [0.05, 0.1) is 29.8 Å². The summed E-state index contributed by atoms with van der Waals surface area (Å²) in [4.78, 5) is 27.3. The van der Waals surface area contributed by atoms with Gasteiger partial charge < -0.3 is 28.5 Å². The highest BCUT2D eigenvalue weighted by atomic mass is 32.2. The Kier molecular flexibility index (Phi) is 6.73. The molecular weight excluding hydrogens is 592 g/mol. The molecule has 2 saturated carbocycles. The third-order valence-electron chi connectivity index (χ3n) is 11.4. The molecule has 236 valence electrons. The number of rotatable bonds is 8. The van der Waals surface area contributed by atoms with Gasteiger partial charge in [0.1, 0.15) is 11.7 Å². The Morgan fingerprint density at radius 3 is 2.40 bits per heavy atom. The highest BCUT2D eigenvalue weighted by Gasteiger charge is 2.95. The van der Waals surface area contributed by atoms with Gasteiger partial charge in [-0.2, -0.15) is 0 Å². The van der Waals surface area contributed by atoms with Gasteiger partial charge in [-0.3, -0.25) is 4.79 Å². The topological polar surface area (TPSA) is 111 Å². The molecule has 9 atom stereocenters. The molecule has 0 amide bonds. The number of ketones is 1. The van der Waals surface area contributed by atoms with Gasteiger partial charge in [0, 0.05) is 28.0 Å². The Labute approximate surface area is 266 Å². The van der Waals surface area contributed by atoms with Gasteiger partial charge in [-0.05, 0) is 49.5 Å². The third-order valence-corrected chi connectivity index (χ3v) is 11.7. The molecule has 8 nitrogen and oxygen atoms in total. The minimum atomic E-state index is -0.773. The van der Waals surface area contributed by atoms with Crippen LogP contribution in [0.3, 0.4) is 0 Å². The molecule has 4 fully saturated rings. The molecule has 5 aliphatic rings. The highest BCUT2D eigenvalue weighted by Crippen LogP contribution is 2.80. The number of fused-ring (bicyclic) bond motifs is 3. The Hall–Kier alpha value is -2.95. The van der Waals surface area contributed by atoms with Crippen molar-refractivity contribution in [3.05, 3.63) is 88.7 Å². The molecule has 0 radical (unpaired) electrons. The zero-order valence-electron chi connectivity index (χ0n) is 25.9. The molecule has 2 aromatic carbocycles. The number of ether oxygens (including phenoxy) is 4. The van der Waals surface area contributed by atoms with E-state index in [4.69, 9.17) is 23.4 Å². The van der Waals surface area contributed by atoms with E-state index in [1.54, 1.807) is 48.2 Å². The fourth-order valence-corrected chi connectivity index (χ4v) is 9.64. The van der Waals surface area contributed by atoms with E-state index >= 15 is 0 Å². The molecule has 0 bridgehead atoms. The molecule has 8 rings (SSSR count). The minimum Gasteiger partial charge on any atom is -0.421 e. The molecular formula is C36H38O8S. The molecule has 1 aromatic heterocycles. The lowest BCUT2D eigenvalue weighted by atomic mass is 9.46. The summed E-state index contributed by atoms with van der Waals surface area (Å²) < 4.78 is 32.3. The van der Waals surface area contributed by atoms with Crippen LogP contribution in [0.5, 0.6) is 5.95 Å². The fraction of sp³-hybridized carbons (Fsp3) is 0.500. The van der Waals surface area contributed by atoms with Gasteiger partial charge >= 0.3 is 5.97 Å². The van der Waals surface area contributed by atoms with Crippen molar-refractivity contribution < 1.29 is 38.1 Å². The zero-order valence-corrected chi connectivity index (χ0v) is 26.7. The monoisotopic (exact) mass is 630 g/mol. The largest absolute Gasteiger partial charge is 0.421 e. The molecule has 3 aromatic rings. The number of aliphatic hydroxyl groups excluding tert-OH is 1. The summed E-state index contributed by atoms with van der Waals surface area (Å²) in [6, 6.07) is 17.8. The smallest absolute Gasteiger partial charge is 0.345 e. The number of carbonyl (C=O) groups is 2. The Bertz CT molecular complexity index is 1650. The van der Waals surface area contributed by atoms with E-state index in [1.165, 1.54) is 0 Å². The number of hydrogen-bond donors (Lipinski definition) is 1. The minimum absolute atomic E-state index is 0.0734. The SMILES string of the molecule is CSCO[C@@H]1C(C(C)C)[C@@H](O)[C@@H]2O[C@]23[C@]12O[C@H]2C[C@H]1c2c(C(=O)c4ccccc4)oc(OC(=O)c4ccccc4)c2CC[C@@]13C. The molecule has 9 heteroatoms. The van der Waals surface area contributed by atoms with Gasteiger partial charge in [0.15, 0.2) is 11.4 Å². The van der Waals surface area contributed by atoms with E-state index < -0.39 is 34.8 Å². The average molecular weight is 631 g/mol. The molecule has 3 aliphatic carbocycles. The highest BCUT2D eigenvalue weighted by molar-refractivity contribution is 7.98. The number of carbonyl (C=O) groups excluding carboxylic acids is 2. The molecule has 3 heterocycles. The molecule has 2 aliphatic heterocycles. The number of esters is 1. The van der Waals surface area contributed by atoms with Crippen molar-refractivity contribution >= 4 is 23.5 Å². The van der Waals surface area contributed by atoms with Gasteiger partial charge in [0.2, 0.25) is 5.78 Å². The predicted molar refractivity (Wildman–Crippen MR) is 167 cm³/mol. The molecule has 1 unspecified atom stereocenters. The maximum atomic E-state index is 14.1. The van der Waals surface area contributed by atoms with Crippen molar-refractivity contribution in [3.8, 4) is 5.95 Å². The van der Waals surface area contributed by atoms with Crippen LogP contribution in [0.1, 0.15) is 77.1 Å². The van der Waals surface area contributed by atoms with Crippen molar-refractivity contribution in [2.75, 3.05) is 12.2 Å². The van der Waals surface area contributed by atoms with Crippen LogP contribution in [-0.2, 0) is 20.6 Å². The van der Waals surface area contributed by atoms with E-state index in [1.807, 2.05) is 30.5 Å². The first-order valence-corrected chi connectivity index (χ1v) is 17.3. The van der Waals surface area contributed by atoms with Crippen LogP contribution in [0.25, 0.3) is 0 Å². The number of hydrogen-bond acceptors (Lipinski definition) is 9. The van der Waals surface area contributed by atoms with E-state index in [9.17, 15) is 14.7 Å². The number of thioether (sulfide) groups is 1. The van der Waals surface area contributed by atoms with Crippen LogP contribution in [0.2, 0.25) is 0 Å². The summed E-state index contributed by atoms with van der Waals surface area (Å²) in [5.41, 5.74) is 0.459. The number of benzene rings is 2. The lowest BCUT2D eigenvalue weighted by Gasteiger charge is -2.55. The quantitative estimate of drug-likeness (QED) is 0.143. The lowest BCUT2D eigenvalue weighted by Crippen LogP contribution is -2.69. The van der Waals surface area contributed by atoms with Crippen molar-refractivity contribution in [1.82, 2.24) is 0 Å². The number of furan rings is 1. The van der Waals surface area contributed by atoms with Gasteiger partial charge in [-0.25, -0.2) is 4.79 Å². The van der Waals surface area contributed by atoms with Crippen LogP contribution < -0.4 is 4.74 Å². The van der Waals surface area contributed by atoms with Gasteiger partial charge in [0.25, 0.3) is 5.95 Å². The average Bonchev–Trinajstić information content (AvgIpc) is 3.95. The van der Waals surface area contributed by atoms with Crippen molar-refractivity contribution in [2.45, 2.75) is 81.6 Å². The standard InChI is InChI=1S/C36H38O8S/c1-19(2)25-28(38)31-36(44-31)34(3)16-15-22-26(23(34)17-24-35(36,43-24)30(25)40-18-45-4)29(27(37)20-11-7-5-8-12-20)41-33(22)42-32(39)21-13-9-6-10-14-21/h5-14,19,23-25,28,30-31,38H,15-18H2,1-4H3/t23-,24-,25?,28+,30+,31-,34-,35+,36+/m0/s1. The van der Waals surface area contributed by atoms with Crippen LogP contribution in [0.4, 0.5) is 0 Å². The van der Waals surface area contributed by atoms with E-state index in [0.29, 0.717) is 36.3 Å². The summed E-state index contributed by atoms with van der Waals surface area (Å²) in [7, 11) is 0. The number of epoxide rings is 2. The van der Waals surface area contributed by atoms with Crippen LogP contribution in [-0.4, -0.2) is 64.7 Å². The van der Waals surface area contributed by atoms with Gasteiger partial charge in [-0.1, -0.05) is 69.3 Å². The second kappa shape index (κ2) is 10.3. The van der Waals surface area contributed by atoms with E-state index in [-0.39, 0.29) is 47.5 Å². The first kappa shape index (κ1) is 29.5. The number of aliphatic hydroxyl groups is 1. The summed E-state index contributed by atoms with van der Waals surface area (Å²) in [5, 5.41) is 11.8. The zero-order chi connectivity index (χ0) is 31.3. The van der Waals surface area contributed by atoms with Crippen molar-refractivity contribution in [1.29, 1.82) is 0 Å². The van der Waals surface area contributed by atoms with Gasteiger partial charge in [-0.15, -0.1) is 11.8 Å². The second-order valence-electron chi connectivity index (χ2n) is 13.7.